The molecular weight excluding hydrogens is 460 g/mol. The number of hydrogen-bond acceptors (Lipinski definition) is 5. The van der Waals surface area contributed by atoms with Crippen molar-refractivity contribution in [3.63, 3.8) is 0 Å². The molecule has 0 unspecified atom stereocenters. The number of ether oxygens (including phenoxy) is 1. The molecule has 2 aromatic rings. The highest BCUT2D eigenvalue weighted by atomic mass is 35.5. The van der Waals surface area contributed by atoms with Crippen LogP contribution in [0.15, 0.2) is 54.6 Å². The number of nitrogens with one attached hydrogen (secondary N) is 2. The minimum atomic E-state index is -0.498. The van der Waals surface area contributed by atoms with E-state index < -0.39 is 24.4 Å². The van der Waals surface area contributed by atoms with Crippen LogP contribution >= 0.6 is 11.6 Å². The van der Waals surface area contributed by atoms with Crippen LogP contribution in [0.3, 0.4) is 0 Å². The summed E-state index contributed by atoms with van der Waals surface area (Å²) in [5.41, 5.74) is 1.16. The second kappa shape index (κ2) is 12.0. The topological polar surface area (TPSA) is 108 Å². The predicted molar refractivity (Wildman–Crippen MR) is 128 cm³/mol. The highest BCUT2D eigenvalue weighted by Crippen LogP contribution is 2.21. The van der Waals surface area contributed by atoms with Crippen molar-refractivity contribution in [2.45, 2.75) is 12.8 Å². The first-order valence-electron chi connectivity index (χ1n) is 10.9. The third kappa shape index (κ3) is 7.21. The Morgan fingerprint density at radius 2 is 1.65 bits per heavy atom. The van der Waals surface area contributed by atoms with E-state index in [1.54, 1.807) is 41.3 Å². The monoisotopic (exact) mass is 486 g/mol. The van der Waals surface area contributed by atoms with Crippen molar-refractivity contribution >= 4 is 46.8 Å². The Labute approximate surface area is 203 Å². The lowest BCUT2D eigenvalue weighted by Gasteiger charge is -2.31. The molecule has 4 amide bonds. The Morgan fingerprint density at radius 3 is 2.32 bits per heavy atom. The average molecular weight is 487 g/mol. The number of hydrogen-bond donors (Lipinski definition) is 2. The summed E-state index contributed by atoms with van der Waals surface area (Å²) < 4.78 is 5.17. The first-order chi connectivity index (χ1) is 16.3. The average Bonchev–Trinajstić information content (AvgIpc) is 2.84. The third-order valence-corrected chi connectivity index (χ3v) is 5.76. The summed E-state index contributed by atoms with van der Waals surface area (Å²) >= 11 is 6.01. The molecule has 34 heavy (non-hydrogen) atoms. The number of carbonyl (C=O) groups is 4. The van der Waals surface area contributed by atoms with Crippen LogP contribution in [0.25, 0.3) is 0 Å². The Kier molecular flexibility index (Phi) is 8.86. The molecule has 0 aromatic heterocycles. The molecule has 9 nitrogen and oxygen atoms in total. The number of halogens is 1. The van der Waals surface area contributed by atoms with Crippen LogP contribution < -0.4 is 10.6 Å². The van der Waals surface area contributed by atoms with E-state index in [0.717, 1.165) is 0 Å². The molecule has 0 spiro atoms. The molecule has 1 aliphatic rings. The van der Waals surface area contributed by atoms with Gasteiger partial charge in [-0.1, -0.05) is 41.9 Å². The molecule has 1 saturated heterocycles. The lowest BCUT2D eigenvalue weighted by Crippen LogP contribution is -2.43. The Morgan fingerprint density at radius 1 is 1.00 bits per heavy atom. The molecule has 0 atom stereocenters. The lowest BCUT2D eigenvalue weighted by molar-refractivity contribution is -0.156. The number of likely N-dealkylation sites (N-methyl/N-ethyl adjacent to an activating group) is 1. The van der Waals surface area contributed by atoms with E-state index in [4.69, 9.17) is 16.3 Å². The number of amides is 4. The zero-order valence-electron chi connectivity index (χ0n) is 18.8. The van der Waals surface area contributed by atoms with E-state index in [1.807, 2.05) is 18.2 Å². The summed E-state index contributed by atoms with van der Waals surface area (Å²) in [5.74, 6) is -1.79. The Balaban J connectivity index is 1.37. The number of benzene rings is 2. The van der Waals surface area contributed by atoms with Crippen molar-refractivity contribution in [2.24, 2.45) is 5.92 Å². The summed E-state index contributed by atoms with van der Waals surface area (Å²) in [6, 6.07) is 15.7. The SMILES string of the molecule is CN(CC(=O)Nc1ccccc1Cl)C(=O)COC(=O)C1CCN(C(=O)Nc2ccccc2)CC1. The number of urea groups is 1. The van der Waals surface area contributed by atoms with Crippen LogP contribution in [0.4, 0.5) is 16.2 Å². The van der Waals surface area contributed by atoms with Gasteiger partial charge in [-0.3, -0.25) is 14.4 Å². The number of nitrogens with zero attached hydrogens (tertiary/aromatic N) is 2. The van der Waals surface area contributed by atoms with Gasteiger partial charge < -0.3 is 25.2 Å². The summed E-state index contributed by atoms with van der Waals surface area (Å²) in [7, 11) is 1.45. The molecule has 1 heterocycles. The summed E-state index contributed by atoms with van der Waals surface area (Å²) in [6.45, 7) is 0.156. The molecule has 180 valence electrons. The number of carbonyl (C=O) groups excluding carboxylic acids is 4. The van der Waals surface area contributed by atoms with Crippen molar-refractivity contribution in [1.82, 2.24) is 9.80 Å². The zero-order valence-corrected chi connectivity index (χ0v) is 19.6. The second-order valence-electron chi connectivity index (χ2n) is 7.94. The molecule has 0 saturated carbocycles. The van der Waals surface area contributed by atoms with E-state index in [9.17, 15) is 19.2 Å². The number of para-hydroxylation sites is 2. The van der Waals surface area contributed by atoms with E-state index in [0.29, 0.717) is 42.3 Å². The number of esters is 1. The van der Waals surface area contributed by atoms with E-state index in [2.05, 4.69) is 10.6 Å². The van der Waals surface area contributed by atoms with E-state index in [-0.39, 0.29) is 18.5 Å². The third-order valence-electron chi connectivity index (χ3n) is 5.43. The summed E-state index contributed by atoms with van der Waals surface area (Å²) in [5, 5.41) is 5.84. The van der Waals surface area contributed by atoms with Gasteiger partial charge in [0.15, 0.2) is 6.61 Å². The molecule has 0 radical (unpaired) electrons. The number of likely N-dealkylation sites (tertiary alicyclic amines) is 1. The molecule has 1 fully saturated rings. The van der Waals surface area contributed by atoms with Crippen LogP contribution in [0.5, 0.6) is 0 Å². The largest absolute Gasteiger partial charge is 0.455 e. The van der Waals surface area contributed by atoms with Gasteiger partial charge in [0.2, 0.25) is 5.91 Å². The van der Waals surface area contributed by atoms with Crippen molar-refractivity contribution in [3.05, 3.63) is 59.6 Å². The lowest BCUT2D eigenvalue weighted by atomic mass is 9.97. The Hall–Kier alpha value is -3.59. The highest BCUT2D eigenvalue weighted by molar-refractivity contribution is 6.33. The zero-order chi connectivity index (χ0) is 24.5. The standard InChI is InChI=1S/C24H27ClN4O5/c1-28(15-21(30)27-20-10-6-5-9-19(20)25)22(31)16-34-23(32)17-11-13-29(14-12-17)24(33)26-18-7-3-2-4-8-18/h2-10,17H,11-16H2,1H3,(H,26,33)(H,27,30). The second-order valence-corrected chi connectivity index (χ2v) is 8.35. The van der Waals surface area contributed by atoms with Crippen LogP contribution in [-0.2, 0) is 19.1 Å². The fourth-order valence-corrected chi connectivity index (χ4v) is 3.64. The predicted octanol–water partition coefficient (Wildman–Crippen LogP) is 3.22. The minimum Gasteiger partial charge on any atom is -0.455 e. The molecule has 0 aliphatic carbocycles. The first kappa shape index (κ1) is 25.0. The minimum absolute atomic E-state index is 0.212. The van der Waals surface area contributed by atoms with Gasteiger partial charge in [-0.25, -0.2) is 4.79 Å². The van der Waals surface area contributed by atoms with Gasteiger partial charge in [0.25, 0.3) is 5.91 Å². The molecule has 10 heteroatoms. The molecule has 2 N–H and O–H groups in total. The van der Waals surface area contributed by atoms with Gasteiger partial charge in [0, 0.05) is 25.8 Å². The van der Waals surface area contributed by atoms with Crippen molar-refractivity contribution in [1.29, 1.82) is 0 Å². The maximum absolute atomic E-state index is 12.4. The van der Waals surface area contributed by atoms with Crippen LogP contribution in [0, 0.1) is 5.92 Å². The smallest absolute Gasteiger partial charge is 0.321 e. The molecule has 2 aromatic carbocycles. The normalized spacial score (nSPS) is 13.6. The maximum Gasteiger partial charge on any atom is 0.321 e. The van der Waals surface area contributed by atoms with E-state index >= 15 is 0 Å². The maximum atomic E-state index is 12.4. The number of piperidine rings is 1. The van der Waals surface area contributed by atoms with Crippen LogP contribution in [-0.4, -0.2) is 66.9 Å². The first-order valence-corrected chi connectivity index (χ1v) is 11.3. The van der Waals surface area contributed by atoms with Crippen molar-refractivity contribution in [2.75, 3.05) is 43.9 Å². The van der Waals surface area contributed by atoms with Crippen molar-refractivity contribution < 1.29 is 23.9 Å². The van der Waals surface area contributed by atoms with E-state index in [1.165, 1.54) is 11.9 Å². The highest BCUT2D eigenvalue weighted by Gasteiger charge is 2.29. The molecule has 1 aliphatic heterocycles. The van der Waals surface area contributed by atoms with Gasteiger partial charge in [-0.2, -0.15) is 0 Å². The van der Waals surface area contributed by atoms with Crippen LogP contribution in [0.1, 0.15) is 12.8 Å². The number of rotatable bonds is 7. The summed E-state index contributed by atoms with van der Waals surface area (Å²) in [4.78, 5) is 52.0. The fraction of sp³-hybridized carbons (Fsp3) is 0.333. The van der Waals surface area contributed by atoms with Gasteiger partial charge in [-0.15, -0.1) is 0 Å². The molecule has 3 rings (SSSR count). The Bertz CT molecular complexity index is 1030. The quantitative estimate of drug-likeness (QED) is 0.584. The molecular formula is C24H27ClN4O5. The van der Waals surface area contributed by atoms with Gasteiger partial charge >= 0.3 is 12.0 Å². The van der Waals surface area contributed by atoms with Crippen LogP contribution in [0.2, 0.25) is 5.02 Å². The van der Waals surface area contributed by atoms with Gasteiger partial charge in [-0.05, 0) is 37.1 Å². The fourth-order valence-electron chi connectivity index (χ4n) is 3.46. The number of anilines is 2. The molecule has 0 bridgehead atoms. The van der Waals surface area contributed by atoms with Crippen molar-refractivity contribution in [3.8, 4) is 0 Å². The van der Waals surface area contributed by atoms with Gasteiger partial charge in [0.1, 0.15) is 0 Å². The van der Waals surface area contributed by atoms with Gasteiger partial charge in [0.05, 0.1) is 23.2 Å². The summed E-state index contributed by atoms with van der Waals surface area (Å²) in [6.07, 6.45) is 0.899.